The summed E-state index contributed by atoms with van der Waals surface area (Å²) in [6.45, 7) is 0.437. The number of aromatic nitrogens is 2. The van der Waals surface area contributed by atoms with E-state index in [4.69, 9.17) is 11.6 Å². The van der Waals surface area contributed by atoms with E-state index < -0.39 is 0 Å². The zero-order chi connectivity index (χ0) is 17.4. The van der Waals surface area contributed by atoms with Gasteiger partial charge in [-0.1, -0.05) is 11.6 Å². The Morgan fingerprint density at radius 1 is 1.28 bits per heavy atom. The van der Waals surface area contributed by atoms with Crippen LogP contribution in [0, 0.1) is 5.82 Å². The lowest BCUT2D eigenvalue weighted by molar-refractivity contribution is 0.0952. The number of carbonyl (C=O) groups excluding carboxylic acids is 1. The van der Waals surface area contributed by atoms with E-state index in [1.165, 1.54) is 18.3 Å². The van der Waals surface area contributed by atoms with Crippen LogP contribution < -0.4 is 10.7 Å². The van der Waals surface area contributed by atoms with E-state index >= 15 is 0 Å². The number of aromatic amines is 1. The summed E-state index contributed by atoms with van der Waals surface area (Å²) in [4.78, 5) is 19.4. The van der Waals surface area contributed by atoms with Crippen LogP contribution in [0.1, 0.15) is 22.5 Å². The first-order chi connectivity index (χ1) is 12.1. The average Bonchev–Trinajstić information content (AvgIpc) is 2.90. The lowest BCUT2D eigenvalue weighted by atomic mass is 10.0. The lowest BCUT2D eigenvalue weighted by Crippen LogP contribution is -2.23. The van der Waals surface area contributed by atoms with Crippen molar-refractivity contribution >= 4 is 39.9 Å². The van der Waals surface area contributed by atoms with Crippen LogP contribution >= 0.6 is 11.6 Å². The summed E-state index contributed by atoms with van der Waals surface area (Å²) in [5.74, 6) is -0.0833. The third-order valence-electron chi connectivity index (χ3n) is 3.96. The van der Waals surface area contributed by atoms with Gasteiger partial charge in [0.05, 0.1) is 10.7 Å². The number of halogens is 2. The molecule has 1 aliphatic rings. The molecule has 4 rings (SSSR count). The number of fused-ring (bicyclic) bond motifs is 3. The number of hydrogen-bond acceptors (Lipinski definition) is 4. The molecule has 0 atom stereocenters. The van der Waals surface area contributed by atoms with Crippen LogP contribution in [0.15, 0.2) is 41.6 Å². The molecule has 1 amide bonds. The molecule has 25 heavy (non-hydrogen) atoms. The van der Waals surface area contributed by atoms with Crippen LogP contribution in [-0.4, -0.2) is 28.1 Å². The molecule has 0 aliphatic carbocycles. The Morgan fingerprint density at radius 3 is 2.96 bits per heavy atom. The summed E-state index contributed by atoms with van der Waals surface area (Å²) in [7, 11) is 0. The van der Waals surface area contributed by atoms with Crippen molar-refractivity contribution in [3.63, 3.8) is 0 Å². The number of benzene rings is 1. The standard InChI is InChI=1S/C17H13ClFN5O/c18-9-1-4-14(21-8-9)24-23-13-5-6-20-17(25)16-15(13)11-7-10(19)2-3-12(11)22-16/h1-4,7-8,22H,5-6H2,(H,20,25)(H,21,24)/b23-13-. The monoisotopic (exact) mass is 357 g/mol. The maximum absolute atomic E-state index is 13.7. The first-order valence-electron chi connectivity index (χ1n) is 7.66. The van der Waals surface area contributed by atoms with E-state index in [-0.39, 0.29) is 11.7 Å². The Bertz CT molecular complexity index is 996. The molecule has 126 valence electrons. The van der Waals surface area contributed by atoms with E-state index in [2.05, 4.69) is 25.8 Å². The summed E-state index contributed by atoms with van der Waals surface area (Å²) in [6.07, 6.45) is 2.01. The molecule has 6 nitrogen and oxygen atoms in total. The molecule has 1 aromatic carbocycles. The number of nitrogens with one attached hydrogen (secondary N) is 3. The number of H-pyrrole nitrogens is 1. The number of pyridine rings is 1. The van der Waals surface area contributed by atoms with Crippen LogP contribution in [0.5, 0.6) is 0 Å². The smallest absolute Gasteiger partial charge is 0.268 e. The largest absolute Gasteiger partial charge is 0.350 e. The van der Waals surface area contributed by atoms with Gasteiger partial charge in [0.15, 0.2) is 0 Å². The van der Waals surface area contributed by atoms with Crippen molar-refractivity contribution in [2.75, 3.05) is 12.0 Å². The zero-order valence-corrected chi connectivity index (χ0v) is 13.7. The minimum Gasteiger partial charge on any atom is -0.350 e. The van der Waals surface area contributed by atoms with E-state index in [0.717, 1.165) is 0 Å². The van der Waals surface area contributed by atoms with E-state index in [9.17, 15) is 9.18 Å². The highest BCUT2D eigenvalue weighted by molar-refractivity contribution is 6.30. The molecule has 0 radical (unpaired) electrons. The van der Waals surface area contributed by atoms with Crippen LogP contribution in [-0.2, 0) is 0 Å². The molecule has 2 aromatic heterocycles. The molecule has 3 N–H and O–H groups in total. The fourth-order valence-corrected chi connectivity index (χ4v) is 2.93. The maximum atomic E-state index is 13.7. The van der Waals surface area contributed by atoms with Crippen molar-refractivity contribution in [2.45, 2.75) is 6.42 Å². The van der Waals surface area contributed by atoms with Gasteiger partial charge in [0.2, 0.25) is 0 Å². The normalized spacial score (nSPS) is 15.8. The van der Waals surface area contributed by atoms with E-state index in [1.807, 2.05) is 0 Å². The van der Waals surface area contributed by atoms with Crippen molar-refractivity contribution in [2.24, 2.45) is 5.10 Å². The van der Waals surface area contributed by atoms with Crippen LogP contribution in [0.2, 0.25) is 5.02 Å². The molecule has 3 aromatic rings. The minimum absolute atomic E-state index is 0.235. The first-order valence-corrected chi connectivity index (χ1v) is 8.03. The van der Waals surface area contributed by atoms with Crippen molar-refractivity contribution < 1.29 is 9.18 Å². The van der Waals surface area contributed by atoms with Gasteiger partial charge in [-0.15, -0.1) is 0 Å². The van der Waals surface area contributed by atoms with Crippen molar-refractivity contribution in [1.82, 2.24) is 15.3 Å². The molecule has 0 spiro atoms. The quantitative estimate of drug-likeness (QED) is 0.615. The molecule has 0 bridgehead atoms. The highest BCUT2D eigenvalue weighted by Gasteiger charge is 2.25. The second-order valence-electron chi connectivity index (χ2n) is 5.60. The number of amides is 1. The number of nitrogens with zero attached hydrogens (tertiary/aromatic N) is 2. The van der Waals surface area contributed by atoms with Crippen molar-refractivity contribution in [1.29, 1.82) is 0 Å². The highest BCUT2D eigenvalue weighted by atomic mass is 35.5. The Balaban J connectivity index is 1.81. The van der Waals surface area contributed by atoms with Crippen LogP contribution in [0.25, 0.3) is 10.9 Å². The zero-order valence-electron chi connectivity index (χ0n) is 12.9. The number of carbonyl (C=O) groups is 1. The average molecular weight is 358 g/mol. The minimum atomic E-state index is -0.370. The van der Waals surface area contributed by atoms with Crippen molar-refractivity contribution in [3.8, 4) is 0 Å². The van der Waals surface area contributed by atoms with Crippen molar-refractivity contribution in [3.05, 3.63) is 58.6 Å². The van der Waals surface area contributed by atoms with Gasteiger partial charge >= 0.3 is 0 Å². The lowest BCUT2D eigenvalue weighted by Gasteiger charge is -2.05. The Kier molecular flexibility index (Phi) is 3.85. The third kappa shape index (κ3) is 2.94. The molecule has 1 aliphatic heterocycles. The Morgan fingerprint density at radius 2 is 2.16 bits per heavy atom. The maximum Gasteiger partial charge on any atom is 0.268 e. The Hall–Kier alpha value is -2.93. The number of hydrazone groups is 1. The number of hydrogen-bond donors (Lipinski definition) is 3. The molecule has 0 saturated carbocycles. The molecule has 0 saturated heterocycles. The summed E-state index contributed by atoms with van der Waals surface area (Å²) < 4.78 is 13.7. The van der Waals surface area contributed by atoms with Gasteiger partial charge in [-0.3, -0.25) is 10.2 Å². The summed E-state index contributed by atoms with van der Waals surface area (Å²) in [6, 6.07) is 7.75. The SMILES string of the molecule is O=C1NCC/C(=N/Nc2ccc(Cl)cn2)c2c1[nH]c1ccc(F)cc21. The predicted octanol–water partition coefficient (Wildman–Crippen LogP) is 3.31. The molecule has 3 heterocycles. The molecular weight excluding hydrogens is 345 g/mol. The summed E-state index contributed by atoms with van der Waals surface area (Å²) >= 11 is 5.82. The predicted molar refractivity (Wildman–Crippen MR) is 94.6 cm³/mol. The fraction of sp³-hybridized carbons (Fsp3) is 0.118. The second kappa shape index (κ2) is 6.18. The Labute approximate surface area is 147 Å². The van der Waals surface area contributed by atoms with Gasteiger partial charge in [-0.2, -0.15) is 5.10 Å². The van der Waals surface area contributed by atoms with Gasteiger partial charge in [-0.05, 0) is 30.3 Å². The van der Waals surface area contributed by atoms with Gasteiger partial charge in [-0.25, -0.2) is 9.37 Å². The molecule has 8 heteroatoms. The molecule has 0 unspecified atom stereocenters. The van der Waals surface area contributed by atoms with Gasteiger partial charge in [0.1, 0.15) is 17.3 Å². The summed E-state index contributed by atoms with van der Waals surface area (Å²) in [5.41, 5.74) is 5.17. The topological polar surface area (TPSA) is 82.2 Å². The summed E-state index contributed by atoms with van der Waals surface area (Å²) in [5, 5.41) is 8.35. The second-order valence-corrected chi connectivity index (χ2v) is 6.04. The molecular formula is C17H13ClFN5O. The number of anilines is 1. The first kappa shape index (κ1) is 15.6. The fourth-order valence-electron chi connectivity index (χ4n) is 2.82. The van der Waals surface area contributed by atoms with Crippen LogP contribution in [0.3, 0.4) is 0 Å². The third-order valence-corrected chi connectivity index (χ3v) is 4.18. The van der Waals surface area contributed by atoms with E-state index in [0.29, 0.717) is 51.7 Å². The van der Waals surface area contributed by atoms with Gasteiger partial charge in [0, 0.05) is 35.6 Å². The molecule has 0 fully saturated rings. The highest BCUT2D eigenvalue weighted by Crippen LogP contribution is 2.26. The van der Waals surface area contributed by atoms with Gasteiger partial charge < -0.3 is 10.3 Å². The van der Waals surface area contributed by atoms with E-state index in [1.54, 1.807) is 18.2 Å². The van der Waals surface area contributed by atoms with Gasteiger partial charge in [0.25, 0.3) is 5.91 Å². The van der Waals surface area contributed by atoms with Crippen LogP contribution in [0.4, 0.5) is 10.2 Å². The number of rotatable bonds is 2.